The van der Waals surface area contributed by atoms with Crippen LogP contribution in [0.2, 0.25) is 5.02 Å². The Hall–Kier alpha value is -4.21. The van der Waals surface area contributed by atoms with Gasteiger partial charge in [0.2, 0.25) is 0 Å². The fourth-order valence-electron chi connectivity index (χ4n) is 4.33. The molecule has 5 aromatic rings. The number of benzene rings is 3. The monoisotopic (exact) mass is 533 g/mol. The average molecular weight is 534 g/mol. The molecule has 2 N–H and O–H groups in total. The van der Waals surface area contributed by atoms with Crippen LogP contribution in [0.15, 0.2) is 60.0 Å². The minimum Gasteiger partial charge on any atom is -0.502 e. The van der Waals surface area contributed by atoms with Crippen molar-refractivity contribution in [1.82, 2.24) is 9.97 Å². The third kappa shape index (κ3) is 4.54. The lowest BCUT2D eigenvalue weighted by molar-refractivity contribution is -0.385. The molecule has 0 aliphatic rings. The van der Waals surface area contributed by atoms with E-state index >= 15 is 0 Å². The Morgan fingerprint density at radius 1 is 1.19 bits per heavy atom. The van der Waals surface area contributed by atoms with Crippen molar-refractivity contribution in [3.05, 3.63) is 103 Å². The van der Waals surface area contributed by atoms with Gasteiger partial charge in [-0.3, -0.25) is 14.9 Å². The van der Waals surface area contributed by atoms with Gasteiger partial charge in [-0.1, -0.05) is 11.6 Å². The number of rotatable bonds is 7. The molecule has 0 atom stereocenters. The third-order valence-corrected chi connectivity index (χ3v) is 7.25. The van der Waals surface area contributed by atoms with E-state index in [4.69, 9.17) is 16.3 Å². The van der Waals surface area contributed by atoms with Gasteiger partial charge in [-0.2, -0.15) is 0 Å². The first-order valence-electron chi connectivity index (χ1n) is 11.2. The molecule has 0 saturated heterocycles. The van der Waals surface area contributed by atoms with E-state index in [1.807, 2.05) is 18.4 Å². The normalized spacial score (nSPS) is 11.1. The number of methoxy groups -OCH3 is 1. The number of fused-ring (bicyclic) bond motifs is 1. The second-order valence-corrected chi connectivity index (χ2v) is 9.77. The van der Waals surface area contributed by atoms with Crippen molar-refractivity contribution in [3.63, 3.8) is 0 Å². The Morgan fingerprint density at radius 2 is 1.95 bits per heavy atom. The van der Waals surface area contributed by atoms with Gasteiger partial charge in [0.1, 0.15) is 5.75 Å². The minimum absolute atomic E-state index is 0.185. The van der Waals surface area contributed by atoms with Crippen molar-refractivity contribution in [2.75, 3.05) is 7.11 Å². The van der Waals surface area contributed by atoms with Crippen LogP contribution in [-0.2, 0) is 6.42 Å². The van der Waals surface area contributed by atoms with E-state index in [2.05, 4.69) is 9.97 Å². The topological polar surface area (TPSA) is 118 Å². The van der Waals surface area contributed by atoms with E-state index in [0.717, 1.165) is 27.2 Å². The SMILES string of the molecule is COc1ccc2[nH]c(C)c(Cc3nc(-c4ccc(O)c([N+](=O)[O-])c4)cs3)c2c1C(=O)c1ccc(Cl)cc1. The molecule has 0 radical (unpaired) electrons. The molecule has 0 spiro atoms. The van der Waals surface area contributed by atoms with Crippen molar-refractivity contribution in [3.8, 4) is 22.8 Å². The summed E-state index contributed by atoms with van der Waals surface area (Å²) in [4.78, 5) is 32.3. The Balaban J connectivity index is 1.58. The van der Waals surface area contributed by atoms with Crippen molar-refractivity contribution >= 4 is 45.3 Å². The molecule has 0 aliphatic carbocycles. The standard InChI is InChI=1S/C27H20ClN3O5S/c1-14-18(12-24-30-20(13-37-24)16-5-9-22(32)21(11-16)31(34)35)25-19(29-14)8-10-23(36-2)26(25)27(33)15-3-6-17(28)7-4-15/h3-11,13,29,32H,12H2,1-2H3. The predicted octanol–water partition coefficient (Wildman–Crippen LogP) is 6.70. The number of phenolic OH excluding ortho intramolecular Hbond substituents is 1. The smallest absolute Gasteiger partial charge is 0.311 e. The lowest BCUT2D eigenvalue weighted by Gasteiger charge is -2.11. The van der Waals surface area contributed by atoms with Gasteiger partial charge in [0.05, 0.1) is 28.3 Å². The summed E-state index contributed by atoms with van der Waals surface area (Å²) in [7, 11) is 1.53. The van der Waals surface area contributed by atoms with Crippen molar-refractivity contribution in [2.45, 2.75) is 13.3 Å². The largest absolute Gasteiger partial charge is 0.502 e. The number of aromatic hydroxyl groups is 1. The summed E-state index contributed by atoms with van der Waals surface area (Å²) in [5.41, 5.74) is 4.26. The zero-order chi connectivity index (χ0) is 26.3. The third-order valence-electron chi connectivity index (χ3n) is 6.14. The van der Waals surface area contributed by atoms with Crippen LogP contribution in [0.4, 0.5) is 5.69 Å². The van der Waals surface area contributed by atoms with Gasteiger partial charge in [0.15, 0.2) is 11.5 Å². The maximum atomic E-state index is 13.6. The summed E-state index contributed by atoms with van der Waals surface area (Å²) >= 11 is 7.43. The molecule has 37 heavy (non-hydrogen) atoms. The second-order valence-electron chi connectivity index (χ2n) is 8.39. The van der Waals surface area contributed by atoms with Gasteiger partial charge >= 0.3 is 5.69 Å². The molecule has 186 valence electrons. The number of aryl methyl sites for hydroxylation is 1. The molecular weight excluding hydrogens is 514 g/mol. The number of ether oxygens (including phenoxy) is 1. The fraction of sp³-hybridized carbons (Fsp3) is 0.111. The highest BCUT2D eigenvalue weighted by molar-refractivity contribution is 7.10. The van der Waals surface area contributed by atoms with Crippen LogP contribution in [0.5, 0.6) is 11.5 Å². The van der Waals surface area contributed by atoms with Crippen LogP contribution in [0.1, 0.15) is 32.2 Å². The van der Waals surface area contributed by atoms with Crippen LogP contribution in [0, 0.1) is 17.0 Å². The van der Waals surface area contributed by atoms with Crippen molar-refractivity contribution < 1.29 is 19.6 Å². The first-order valence-corrected chi connectivity index (χ1v) is 12.4. The average Bonchev–Trinajstić information content (AvgIpc) is 3.48. The molecule has 3 aromatic carbocycles. The summed E-state index contributed by atoms with van der Waals surface area (Å²) in [6, 6.07) is 14.6. The summed E-state index contributed by atoms with van der Waals surface area (Å²) < 4.78 is 5.59. The molecule has 0 fully saturated rings. The number of H-pyrrole nitrogens is 1. The molecule has 10 heteroatoms. The first kappa shape index (κ1) is 24.5. The van der Waals surface area contributed by atoms with Gasteiger partial charge in [-0.05, 0) is 61.0 Å². The van der Waals surface area contributed by atoms with Gasteiger partial charge in [0, 0.05) is 50.6 Å². The predicted molar refractivity (Wildman–Crippen MR) is 143 cm³/mol. The Morgan fingerprint density at radius 3 is 2.65 bits per heavy atom. The highest BCUT2D eigenvalue weighted by atomic mass is 35.5. The number of phenols is 1. The maximum Gasteiger partial charge on any atom is 0.311 e. The number of nitro benzene ring substituents is 1. The summed E-state index contributed by atoms with van der Waals surface area (Å²) in [5, 5.41) is 24.9. The van der Waals surface area contributed by atoms with Gasteiger partial charge in [-0.15, -0.1) is 11.3 Å². The molecule has 0 saturated carbocycles. The van der Waals surface area contributed by atoms with Gasteiger partial charge in [0.25, 0.3) is 0 Å². The van der Waals surface area contributed by atoms with Crippen molar-refractivity contribution in [1.29, 1.82) is 0 Å². The van der Waals surface area contributed by atoms with Crippen LogP contribution < -0.4 is 4.74 Å². The maximum absolute atomic E-state index is 13.6. The zero-order valence-corrected chi connectivity index (χ0v) is 21.3. The van der Waals surface area contributed by atoms with E-state index in [1.165, 1.54) is 30.6 Å². The number of halogens is 1. The zero-order valence-electron chi connectivity index (χ0n) is 19.7. The van der Waals surface area contributed by atoms with E-state index in [9.17, 15) is 20.0 Å². The Bertz CT molecular complexity index is 1670. The van der Waals surface area contributed by atoms with Crippen LogP contribution >= 0.6 is 22.9 Å². The molecule has 0 unspecified atom stereocenters. The quantitative estimate of drug-likeness (QED) is 0.136. The fourth-order valence-corrected chi connectivity index (χ4v) is 5.27. The molecule has 0 aliphatic heterocycles. The van der Waals surface area contributed by atoms with Crippen LogP contribution in [0.3, 0.4) is 0 Å². The molecule has 0 bridgehead atoms. The number of nitrogens with zero attached hydrogens (tertiary/aromatic N) is 2. The number of hydrogen-bond acceptors (Lipinski definition) is 7. The Kier molecular flexibility index (Phi) is 6.41. The lowest BCUT2D eigenvalue weighted by Crippen LogP contribution is -2.06. The number of thiazole rings is 1. The number of carbonyl (C=O) groups excluding carboxylic acids is 1. The van der Waals surface area contributed by atoms with Crippen LogP contribution in [0.25, 0.3) is 22.2 Å². The number of nitrogens with one attached hydrogen (secondary N) is 1. The van der Waals surface area contributed by atoms with Gasteiger partial charge < -0.3 is 14.8 Å². The highest BCUT2D eigenvalue weighted by Gasteiger charge is 2.24. The molecular formula is C27H20ClN3O5S. The number of carbonyl (C=O) groups is 1. The highest BCUT2D eigenvalue weighted by Crippen LogP contribution is 2.37. The summed E-state index contributed by atoms with van der Waals surface area (Å²) in [6.45, 7) is 1.94. The molecule has 5 rings (SSSR count). The Labute approximate surface area is 220 Å². The number of aromatic nitrogens is 2. The molecule has 2 heterocycles. The molecule has 0 amide bonds. The second kappa shape index (κ2) is 9.68. The van der Waals surface area contributed by atoms with Gasteiger partial charge in [-0.25, -0.2) is 4.98 Å². The lowest BCUT2D eigenvalue weighted by atomic mass is 9.95. The van der Waals surface area contributed by atoms with E-state index in [1.54, 1.807) is 36.4 Å². The summed E-state index contributed by atoms with van der Waals surface area (Å²) in [6.07, 6.45) is 0.435. The number of hydrogen-bond donors (Lipinski definition) is 2. The molecule has 8 nitrogen and oxygen atoms in total. The number of ketones is 1. The summed E-state index contributed by atoms with van der Waals surface area (Å²) in [5.74, 6) is -0.120. The van der Waals surface area contributed by atoms with Crippen molar-refractivity contribution in [2.24, 2.45) is 0 Å². The van der Waals surface area contributed by atoms with E-state index < -0.39 is 10.7 Å². The van der Waals surface area contributed by atoms with Crippen LogP contribution in [-0.4, -0.2) is 32.9 Å². The number of nitro groups is 1. The first-order chi connectivity index (χ1) is 17.8. The van der Waals surface area contributed by atoms with E-state index in [-0.39, 0.29) is 11.5 Å². The van der Waals surface area contributed by atoms with E-state index in [0.29, 0.717) is 39.6 Å². The molecule has 2 aromatic heterocycles. The minimum atomic E-state index is -0.631. The number of aromatic amines is 1.